The quantitative estimate of drug-likeness (QED) is 0.826. The van der Waals surface area contributed by atoms with E-state index in [1.54, 1.807) is 6.07 Å². The molecule has 1 heterocycles. The van der Waals surface area contributed by atoms with Gasteiger partial charge in [0.1, 0.15) is 5.82 Å². The van der Waals surface area contributed by atoms with E-state index in [0.717, 1.165) is 37.2 Å². The summed E-state index contributed by atoms with van der Waals surface area (Å²) in [7, 11) is 2.02. The molecule has 2 nitrogen and oxygen atoms in total. The van der Waals surface area contributed by atoms with E-state index in [1.807, 2.05) is 26.1 Å². The van der Waals surface area contributed by atoms with Gasteiger partial charge in [0.2, 0.25) is 0 Å². The molecule has 2 rings (SSSR count). The van der Waals surface area contributed by atoms with Crippen LogP contribution in [-0.4, -0.2) is 26.2 Å². The van der Waals surface area contributed by atoms with Crippen molar-refractivity contribution in [2.75, 3.05) is 25.0 Å². The summed E-state index contributed by atoms with van der Waals surface area (Å²) in [4.78, 5) is 2.33. The van der Waals surface area contributed by atoms with Crippen LogP contribution in [0.1, 0.15) is 18.4 Å². The van der Waals surface area contributed by atoms with Gasteiger partial charge in [-0.2, -0.15) is 0 Å². The van der Waals surface area contributed by atoms with E-state index in [-0.39, 0.29) is 5.82 Å². The molecule has 1 saturated heterocycles. The van der Waals surface area contributed by atoms with Crippen molar-refractivity contribution in [1.29, 1.82) is 0 Å². The molecule has 0 saturated carbocycles. The van der Waals surface area contributed by atoms with E-state index in [9.17, 15) is 4.39 Å². The van der Waals surface area contributed by atoms with Crippen molar-refractivity contribution in [2.45, 2.75) is 25.8 Å². The lowest BCUT2D eigenvalue weighted by Crippen LogP contribution is -2.41. The Hall–Kier alpha value is -1.09. The van der Waals surface area contributed by atoms with Crippen LogP contribution in [0.5, 0.6) is 0 Å². The third-order valence-corrected chi connectivity index (χ3v) is 3.41. The second-order valence-electron chi connectivity index (χ2n) is 4.48. The summed E-state index contributed by atoms with van der Waals surface area (Å²) in [6.07, 6.45) is 2.32. The molecule has 1 aliphatic rings. The highest BCUT2D eigenvalue weighted by Gasteiger charge is 2.18. The zero-order valence-corrected chi connectivity index (χ0v) is 9.96. The molecule has 1 fully saturated rings. The fraction of sp³-hybridized carbons (Fsp3) is 0.538. The molecule has 0 aliphatic carbocycles. The molecule has 1 aromatic carbocycles. The molecule has 1 aliphatic heterocycles. The summed E-state index contributed by atoms with van der Waals surface area (Å²) >= 11 is 0. The SMILES string of the molecule is CNC1CCN(c2ccc(F)c(C)c2)CC1. The molecule has 0 aromatic heterocycles. The van der Waals surface area contributed by atoms with Crippen LogP contribution in [0.15, 0.2) is 18.2 Å². The summed E-state index contributed by atoms with van der Waals surface area (Å²) in [5, 5.41) is 3.31. The Kier molecular flexibility index (Phi) is 3.44. The molecule has 0 bridgehead atoms. The van der Waals surface area contributed by atoms with Crippen molar-refractivity contribution in [2.24, 2.45) is 0 Å². The zero-order chi connectivity index (χ0) is 11.5. The lowest BCUT2D eigenvalue weighted by atomic mass is 10.0. The number of rotatable bonds is 2. The minimum atomic E-state index is -0.117. The summed E-state index contributed by atoms with van der Waals surface area (Å²) in [5.41, 5.74) is 1.88. The maximum atomic E-state index is 13.2. The van der Waals surface area contributed by atoms with E-state index in [0.29, 0.717) is 6.04 Å². The second-order valence-corrected chi connectivity index (χ2v) is 4.48. The van der Waals surface area contributed by atoms with E-state index in [1.165, 1.54) is 0 Å². The predicted molar refractivity (Wildman–Crippen MR) is 65.4 cm³/mol. The van der Waals surface area contributed by atoms with Crippen LogP contribution in [0.3, 0.4) is 0 Å². The van der Waals surface area contributed by atoms with Crippen molar-refractivity contribution in [3.63, 3.8) is 0 Å². The van der Waals surface area contributed by atoms with Gasteiger partial charge in [-0.3, -0.25) is 0 Å². The highest BCUT2D eigenvalue weighted by atomic mass is 19.1. The van der Waals surface area contributed by atoms with Gasteiger partial charge >= 0.3 is 0 Å². The first-order chi connectivity index (χ1) is 7.70. The van der Waals surface area contributed by atoms with Gasteiger partial charge in [-0.15, -0.1) is 0 Å². The van der Waals surface area contributed by atoms with Gasteiger partial charge in [0, 0.05) is 24.8 Å². The lowest BCUT2D eigenvalue weighted by Gasteiger charge is -2.33. The Labute approximate surface area is 96.5 Å². The van der Waals surface area contributed by atoms with Crippen molar-refractivity contribution in [3.05, 3.63) is 29.6 Å². The second kappa shape index (κ2) is 4.83. The molecule has 0 unspecified atom stereocenters. The summed E-state index contributed by atoms with van der Waals surface area (Å²) in [6.45, 7) is 3.92. The third-order valence-electron chi connectivity index (χ3n) is 3.41. The van der Waals surface area contributed by atoms with Crippen molar-refractivity contribution >= 4 is 5.69 Å². The van der Waals surface area contributed by atoms with Gasteiger partial charge in [-0.1, -0.05) is 0 Å². The minimum Gasteiger partial charge on any atom is -0.371 e. The molecule has 3 heteroatoms. The molecule has 16 heavy (non-hydrogen) atoms. The minimum absolute atomic E-state index is 0.117. The predicted octanol–water partition coefficient (Wildman–Crippen LogP) is 2.32. The van der Waals surface area contributed by atoms with Crippen LogP contribution in [0.4, 0.5) is 10.1 Å². The number of halogens is 1. The van der Waals surface area contributed by atoms with E-state index in [4.69, 9.17) is 0 Å². The normalized spacial score (nSPS) is 17.8. The summed E-state index contributed by atoms with van der Waals surface area (Å²) in [5.74, 6) is -0.117. The van der Waals surface area contributed by atoms with Gasteiger partial charge in [0.15, 0.2) is 0 Å². The van der Waals surface area contributed by atoms with E-state index in [2.05, 4.69) is 10.2 Å². The molecule has 0 amide bonds. The lowest BCUT2D eigenvalue weighted by molar-refractivity contribution is 0.442. The van der Waals surface area contributed by atoms with Gasteiger partial charge in [-0.25, -0.2) is 4.39 Å². The Morgan fingerprint density at radius 1 is 1.31 bits per heavy atom. The average Bonchev–Trinajstić information content (AvgIpc) is 2.33. The van der Waals surface area contributed by atoms with Crippen molar-refractivity contribution < 1.29 is 4.39 Å². The summed E-state index contributed by atoms with van der Waals surface area (Å²) in [6, 6.07) is 6.02. The first-order valence-corrected chi connectivity index (χ1v) is 5.89. The summed E-state index contributed by atoms with van der Waals surface area (Å²) < 4.78 is 13.2. The van der Waals surface area contributed by atoms with Crippen LogP contribution in [0.2, 0.25) is 0 Å². The van der Waals surface area contributed by atoms with E-state index >= 15 is 0 Å². The fourth-order valence-corrected chi connectivity index (χ4v) is 2.25. The molecule has 0 atom stereocenters. The van der Waals surface area contributed by atoms with Crippen LogP contribution < -0.4 is 10.2 Å². The number of benzene rings is 1. The molecule has 1 aromatic rings. The number of aryl methyl sites for hydroxylation is 1. The van der Waals surface area contributed by atoms with Gasteiger partial charge in [0.05, 0.1) is 0 Å². The number of nitrogens with zero attached hydrogens (tertiary/aromatic N) is 1. The first-order valence-electron chi connectivity index (χ1n) is 5.89. The standard InChI is InChI=1S/C13H19FN2/c1-10-9-12(3-4-13(10)14)16-7-5-11(15-2)6-8-16/h3-4,9,11,15H,5-8H2,1-2H3. The molecule has 0 spiro atoms. The number of nitrogens with one attached hydrogen (secondary N) is 1. The smallest absolute Gasteiger partial charge is 0.126 e. The Balaban J connectivity index is 2.05. The molecule has 0 radical (unpaired) electrons. The molecular formula is C13H19FN2. The first kappa shape index (κ1) is 11.4. The molecule has 88 valence electrons. The van der Waals surface area contributed by atoms with E-state index < -0.39 is 0 Å². The van der Waals surface area contributed by atoms with Crippen LogP contribution in [0, 0.1) is 12.7 Å². The van der Waals surface area contributed by atoms with Gasteiger partial charge in [-0.05, 0) is 50.6 Å². The monoisotopic (exact) mass is 222 g/mol. The van der Waals surface area contributed by atoms with Gasteiger partial charge < -0.3 is 10.2 Å². The fourth-order valence-electron chi connectivity index (χ4n) is 2.25. The number of piperidine rings is 1. The Morgan fingerprint density at radius 2 is 2.00 bits per heavy atom. The van der Waals surface area contributed by atoms with Crippen molar-refractivity contribution in [3.8, 4) is 0 Å². The number of hydrogen-bond acceptors (Lipinski definition) is 2. The highest BCUT2D eigenvalue weighted by molar-refractivity contribution is 5.49. The largest absolute Gasteiger partial charge is 0.371 e. The zero-order valence-electron chi connectivity index (χ0n) is 9.96. The van der Waals surface area contributed by atoms with Crippen LogP contribution in [-0.2, 0) is 0 Å². The number of hydrogen-bond donors (Lipinski definition) is 1. The Bertz CT molecular complexity index is 357. The average molecular weight is 222 g/mol. The molecule has 1 N–H and O–H groups in total. The van der Waals surface area contributed by atoms with Crippen LogP contribution >= 0.6 is 0 Å². The maximum Gasteiger partial charge on any atom is 0.126 e. The Morgan fingerprint density at radius 3 is 2.56 bits per heavy atom. The topological polar surface area (TPSA) is 15.3 Å². The van der Waals surface area contributed by atoms with Crippen LogP contribution in [0.25, 0.3) is 0 Å². The molecular weight excluding hydrogens is 203 g/mol. The third kappa shape index (κ3) is 2.35. The maximum absolute atomic E-state index is 13.2. The van der Waals surface area contributed by atoms with Crippen molar-refractivity contribution in [1.82, 2.24) is 5.32 Å². The number of anilines is 1. The highest BCUT2D eigenvalue weighted by Crippen LogP contribution is 2.22. The van der Waals surface area contributed by atoms with Gasteiger partial charge in [0.25, 0.3) is 0 Å².